The Labute approximate surface area is 107 Å². The van der Waals surface area contributed by atoms with Gasteiger partial charge in [-0.05, 0) is 25.0 Å². The predicted molar refractivity (Wildman–Crippen MR) is 72.1 cm³/mol. The lowest BCUT2D eigenvalue weighted by Gasteiger charge is -2.27. The van der Waals surface area contributed by atoms with Gasteiger partial charge in [-0.25, -0.2) is 9.97 Å². The monoisotopic (exact) mass is 244 g/mol. The molecule has 0 saturated heterocycles. The number of imidazole rings is 1. The Morgan fingerprint density at radius 2 is 1.94 bits per heavy atom. The molecule has 4 nitrogen and oxygen atoms in total. The van der Waals surface area contributed by atoms with Crippen molar-refractivity contribution in [3.63, 3.8) is 0 Å². The third-order valence-corrected chi connectivity index (χ3v) is 4.07. The molecule has 1 fully saturated rings. The van der Waals surface area contributed by atoms with E-state index in [1.165, 1.54) is 25.7 Å². The SMILES string of the molecule is Cn1c(C2(N)CCCCCC2)nc2cccnc21. The van der Waals surface area contributed by atoms with Gasteiger partial charge in [-0.2, -0.15) is 0 Å². The van der Waals surface area contributed by atoms with Crippen LogP contribution in [0.1, 0.15) is 44.3 Å². The molecule has 1 saturated carbocycles. The molecule has 96 valence electrons. The van der Waals surface area contributed by atoms with Crippen molar-refractivity contribution in [3.05, 3.63) is 24.2 Å². The molecule has 0 bridgehead atoms. The number of pyridine rings is 1. The minimum atomic E-state index is -0.272. The fourth-order valence-electron chi connectivity index (χ4n) is 3.05. The molecule has 0 spiro atoms. The molecule has 0 atom stereocenters. The van der Waals surface area contributed by atoms with Crippen LogP contribution in [0, 0.1) is 0 Å². The number of hydrogen-bond acceptors (Lipinski definition) is 3. The van der Waals surface area contributed by atoms with Crippen LogP contribution in [0.25, 0.3) is 11.2 Å². The zero-order valence-corrected chi connectivity index (χ0v) is 10.9. The van der Waals surface area contributed by atoms with Crippen molar-refractivity contribution in [3.8, 4) is 0 Å². The molecule has 3 rings (SSSR count). The van der Waals surface area contributed by atoms with Crippen LogP contribution in [-0.2, 0) is 12.6 Å². The molecule has 4 heteroatoms. The highest BCUT2D eigenvalue weighted by molar-refractivity contribution is 5.71. The van der Waals surface area contributed by atoms with Gasteiger partial charge in [-0.3, -0.25) is 0 Å². The highest BCUT2D eigenvalue weighted by Gasteiger charge is 2.33. The first-order chi connectivity index (χ1) is 8.71. The third kappa shape index (κ3) is 1.81. The fourth-order valence-corrected chi connectivity index (χ4v) is 3.05. The van der Waals surface area contributed by atoms with Gasteiger partial charge in [-0.1, -0.05) is 25.7 Å². The van der Waals surface area contributed by atoms with Crippen molar-refractivity contribution in [1.82, 2.24) is 14.5 Å². The molecule has 1 aliphatic rings. The maximum absolute atomic E-state index is 6.63. The fraction of sp³-hybridized carbons (Fsp3) is 0.571. The van der Waals surface area contributed by atoms with E-state index in [0.29, 0.717) is 0 Å². The predicted octanol–water partition coefficient (Wildman–Crippen LogP) is 2.48. The second kappa shape index (κ2) is 4.35. The van der Waals surface area contributed by atoms with Crippen LogP contribution in [0.5, 0.6) is 0 Å². The average molecular weight is 244 g/mol. The quantitative estimate of drug-likeness (QED) is 0.784. The van der Waals surface area contributed by atoms with Gasteiger partial charge in [0.1, 0.15) is 11.3 Å². The zero-order chi connectivity index (χ0) is 12.6. The Balaban J connectivity index is 2.09. The minimum absolute atomic E-state index is 0.272. The lowest BCUT2D eigenvalue weighted by atomic mass is 9.90. The first-order valence-corrected chi connectivity index (χ1v) is 6.77. The Hall–Kier alpha value is -1.42. The lowest BCUT2D eigenvalue weighted by Crippen LogP contribution is -2.38. The second-order valence-corrected chi connectivity index (χ2v) is 5.41. The number of rotatable bonds is 1. The Bertz CT molecular complexity index is 550. The minimum Gasteiger partial charge on any atom is -0.319 e. The Morgan fingerprint density at radius 1 is 1.22 bits per heavy atom. The summed E-state index contributed by atoms with van der Waals surface area (Å²) in [5.41, 5.74) is 8.24. The number of fused-ring (bicyclic) bond motifs is 1. The highest BCUT2D eigenvalue weighted by Crippen LogP contribution is 2.33. The van der Waals surface area contributed by atoms with E-state index in [1.807, 2.05) is 25.4 Å². The summed E-state index contributed by atoms with van der Waals surface area (Å²) < 4.78 is 2.07. The maximum atomic E-state index is 6.63. The molecule has 2 aromatic rings. The molecule has 18 heavy (non-hydrogen) atoms. The lowest BCUT2D eigenvalue weighted by molar-refractivity contribution is 0.355. The molecule has 0 aromatic carbocycles. The Morgan fingerprint density at radius 3 is 2.61 bits per heavy atom. The van der Waals surface area contributed by atoms with Crippen LogP contribution >= 0.6 is 0 Å². The molecule has 0 unspecified atom stereocenters. The van der Waals surface area contributed by atoms with E-state index in [9.17, 15) is 0 Å². The summed E-state index contributed by atoms with van der Waals surface area (Å²) in [4.78, 5) is 9.12. The van der Waals surface area contributed by atoms with E-state index in [-0.39, 0.29) is 5.54 Å². The topological polar surface area (TPSA) is 56.7 Å². The van der Waals surface area contributed by atoms with Crippen molar-refractivity contribution in [2.75, 3.05) is 0 Å². The van der Waals surface area contributed by atoms with Gasteiger partial charge >= 0.3 is 0 Å². The summed E-state index contributed by atoms with van der Waals surface area (Å²) in [6.07, 6.45) is 8.86. The van der Waals surface area contributed by atoms with Crippen molar-refractivity contribution in [2.24, 2.45) is 12.8 Å². The largest absolute Gasteiger partial charge is 0.319 e. The van der Waals surface area contributed by atoms with Crippen LogP contribution < -0.4 is 5.73 Å². The van der Waals surface area contributed by atoms with Gasteiger partial charge in [-0.15, -0.1) is 0 Å². The van der Waals surface area contributed by atoms with Crippen molar-refractivity contribution in [2.45, 2.75) is 44.1 Å². The number of hydrogen-bond donors (Lipinski definition) is 1. The molecule has 0 radical (unpaired) electrons. The van der Waals surface area contributed by atoms with Crippen LogP contribution in [0.4, 0.5) is 0 Å². The average Bonchev–Trinajstić information content (AvgIpc) is 2.57. The smallest absolute Gasteiger partial charge is 0.159 e. The molecule has 1 aliphatic carbocycles. The van der Waals surface area contributed by atoms with Gasteiger partial charge in [0.15, 0.2) is 5.65 Å². The highest BCUT2D eigenvalue weighted by atomic mass is 15.1. The molecule has 0 amide bonds. The third-order valence-electron chi connectivity index (χ3n) is 4.07. The summed E-state index contributed by atoms with van der Waals surface area (Å²) in [5.74, 6) is 0.998. The second-order valence-electron chi connectivity index (χ2n) is 5.41. The normalized spacial score (nSPS) is 19.9. The van der Waals surface area contributed by atoms with Crippen molar-refractivity contribution in [1.29, 1.82) is 0 Å². The molecule has 2 N–H and O–H groups in total. The molecular formula is C14H20N4. The van der Waals surface area contributed by atoms with Crippen molar-refractivity contribution < 1.29 is 0 Å². The Kier molecular flexibility index (Phi) is 2.82. The molecule has 2 aromatic heterocycles. The van der Waals surface area contributed by atoms with E-state index in [2.05, 4.69) is 9.55 Å². The summed E-state index contributed by atoms with van der Waals surface area (Å²) in [7, 11) is 2.02. The van der Waals surface area contributed by atoms with Gasteiger partial charge in [0, 0.05) is 13.2 Å². The summed E-state index contributed by atoms with van der Waals surface area (Å²) in [5, 5.41) is 0. The summed E-state index contributed by atoms with van der Waals surface area (Å²) in [6, 6.07) is 3.93. The van der Waals surface area contributed by atoms with E-state index >= 15 is 0 Å². The molecule has 0 aliphatic heterocycles. The molecular weight excluding hydrogens is 224 g/mol. The number of aryl methyl sites for hydroxylation is 1. The van der Waals surface area contributed by atoms with E-state index in [0.717, 1.165) is 29.8 Å². The van der Waals surface area contributed by atoms with E-state index in [4.69, 9.17) is 10.7 Å². The van der Waals surface area contributed by atoms with E-state index in [1.54, 1.807) is 0 Å². The summed E-state index contributed by atoms with van der Waals surface area (Å²) in [6.45, 7) is 0. The van der Waals surface area contributed by atoms with Crippen LogP contribution in [0.3, 0.4) is 0 Å². The maximum Gasteiger partial charge on any atom is 0.159 e. The van der Waals surface area contributed by atoms with Gasteiger partial charge in [0.2, 0.25) is 0 Å². The first-order valence-electron chi connectivity index (χ1n) is 6.77. The number of aromatic nitrogens is 3. The number of nitrogens with two attached hydrogens (primary N) is 1. The van der Waals surface area contributed by atoms with Crippen molar-refractivity contribution >= 4 is 11.2 Å². The molecule has 2 heterocycles. The van der Waals surface area contributed by atoms with Gasteiger partial charge in [0.25, 0.3) is 0 Å². The zero-order valence-electron chi connectivity index (χ0n) is 10.9. The standard InChI is InChI=1S/C14H20N4/c1-18-12-11(7-6-10-16-12)17-13(18)14(15)8-4-2-3-5-9-14/h6-7,10H,2-5,8-9,15H2,1H3. The first kappa shape index (κ1) is 11.7. The number of nitrogens with zero attached hydrogens (tertiary/aromatic N) is 3. The summed E-state index contributed by atoms with van der Waals surface area (Å²) >= 11 is 0. The van der Waals surface area contributed by atoms with Crippen LogP contribution in [0.2, 0.25) is 0 Å². The van der Waals surface area contributed by atoms with Crippen LogP contribution in [0.15, 0.2) is 18.3 Å². The van der Waals surface area contributed by atoms with Crippen LogP contribution in [-0.4, -0.2) is 14.5 Å². The van der Waals surface area contributed by atoms with Gasteiger partial charge in [0.05, 0.1) is 5.54 Å². The van der Waals surface area contributed by atoms with E-state index < -0.39 is 0 Å². The van der Waals surface area contributed by atoms with Gasteiger partial charge < -0.3 is 10.3 Å².